The van der Waals surface area contributed by atoms with Gasteiger partial charge in [-0.05, 0) is 30.7 Å². The van der Waals surface area contributed by atoms with E-state index in [1.807, 2.05) is 97.9 Å². The summed E-state index contributed by atoms with van der Waals surface area (Å²) in [5.74, 6) is 0.787. The number of aryl methyl sites for hydroxylation is 1. The second-order valence-electron chi connectivity index (χ2n) is 6.96. The Balaban J connectivity index is 1.81. The summed E-state index contributed by atoms with van der Waals surface area (Å²) >= 11 is 0. The van der Waals surface area contributed by atoms with Crippen LogP contribution in [0.2, 0.25) is 0 Å². The van der Waals surface area contributed by atoms with E-state index in [1.165, 1.54) is 0 Å². The van der Waals surface area contributed by atoms with E-state index < -0.39 is 0 Å². The highest BCUT2D eigenvalue weighted by Gasteiger charge is 2.24. The third kappa shape index (κ3) is 2.86. The fourth-order valence-electron chi connectivity index (χ4n) is 3.78. The van der Waals surface area contributed by atoms with E-state index in [4.69, 9.17) is 5.10 Å². The largest absolute Gasteiger partial charge is 0.287 e. The van der Waals surface area contributed by atoms with Crippen LogP contribution in [0.4, 0.5) is 0 Å². The van der Waals surface area contributed by atoms with E-state index in [0.717, 1.165) is 28.3 Å². The average Bonchev–Trinajstić information content (AvgIpc) is 3.29. The SMILES string of the molecule is Cc1nn2c(C(=O)c3ccccc3)c(-c3ccccc3)cc2n1-c1ccccc1. The van der Waals surface area contributed by atoms with Gasteiger partial charge in [0.2, 0.25) is 5.78 Å². The van der Waals surface area contributed by atoms with E-state index in [9.17, 15) is 4.79 Å². The van der Waals surface area contributed by atoms with Crippen molar-refractivity contribution in [2.75, 3.05) is 0 Å². The normalized spacial score (nSPS) is 11.1. The predicted molar refractivity (Wildman–Crippen MR) is 115 cm³/mol. The molecule has 140 valence electrons. The lowest BCUT2D eigenvalue weighted by atomic mass is 10.0. The van der Waals surface area contributed by atoms with Crippen molar-refractivity contribution in [2.45, 2.75) is 6.92 Å². The van der Waals surface area contributed by atoms with Crippen molar-refractivity contribution in [3.05, 3.63) is 114 Å². The van der Waals surface area contributed by atoms with E-state index in [1.54, 1.807) is 4.52 Å². The highest BCUT2D eigenvalue weighted by atomic mass is 16.1. The molecule has 0 N–H and O–H groups in total. The van der Waals surface area contributed by atoms with Crippen LogP contribution in [0.5, 0.6) is 0 Å². The maximum absolute atomic E-state index is 13.5. The summed E-state index contributed by atoms with van der Waals surface area (Å²) in [4.78, 5) is 13.5. The van der Waals surface area contributed by atoms with Crippen LogP contribution in [0, 0.1) is 6.92 Å². The molecule has 0 saturated carbocycles. The minimum atomic E-state index is -0.0397. The van der Waals surface area contributed by atoms with Crippen molar-refractivity contribution >= 4 is 11.4 Å². The second-order valence-corrected chi connectivity index (χ2v) is 6.96. The van der Waals surface area contributed by atoms with Gasteiger partial charge in [-0.2, -0.15) is 5.10 Å². The first-order valence-electron chi connectivity index (χ1n) is 9.56. The first kappa shape index (κ1) is 17.2. The lowest BCUT2D eigenvalue weighted by molar-refractivity contribution is 0.103. The summed E-state index contributed by atoms with van der Waals surface area (Å²) in [6.07, 6.45) is 0. The molecule has 4 nitrogen and oxygen atoms in total. The lowest BCUT2D eigenvalue weighted by Crippen LogP contribution is -2.07. The van der Waals surface area contributed by atoms with Crippen LogP contribution in [0.15, 0.2) is 97.1 Å². The molecule has 0 amide bonds. The molecule has 0 aliphatic carbocycles. The number of ketones is 1. The molecule has 4 heteroatoms. The Kier molecular flexibility index (Phi) is 4.10. The van der Waals surface area contributed by atoms with Crippen LogP contribution < -0.4 is 0 Å². The Hall–Kier alpha value is -3.92. The maximum Gasteiger partial charge on any atom is 0.212 e. The highest BCUT2D eigenvalue weighted by molar-refractivity contribution is 6.12. The number of fused-ring (bicyclic) bond motifs is 1. The third-order valence-corrected chi connectivity index (χ3v) is 5.11. The minimum absolute atomic E-state index is 0.0397. The molecule has 29 heavy (non-hydrogen) atoms. The van der Waals surface area contributed by atoms with Gasteiger partial charge in [0.15, 0.2) is 0 Å². The molecule has 0 radical (unpaired) electrons. The maximum atomic E-state index is 13.5. The smallest absolute Gasteiger partial charge is 0.212 e. The van der Waals surface area contributed by atoms with Crippen LogP contribution >= 0.6 is 0 Å². The van der Waals surface area contributed by atoms with Crippen LogP contribution in [0.25, 0.3) is 22.5 Å². The Morgan fingerprint density at radius 1 is 0.793 bits per heavy atom. The number of rotatable bonds is 4. The molecule has 5 aromatic rings. The van der Waals surface area contributed by atoms with Gasteiger partial charge in [-0.3, -0.25) is 9.36 Å². The molecule has 0 spiro atoms. The number of nitrogens with zero attached hydrogens (tertiary/aromatic N) is 3. The molecule has 5 rings (SSSR count). The molecular formula is C25H19N3O. The number of carbonyl (C=O) groups is 1. The van der Waals surface area contributed by atoms with E-state index in [-0.39, 0.29) is 5.78 Å². The van der Waals surface area contributed by atoms with Crippen LogP contribution in [-0.2, 0) is 0 Å². The highest BCUT2D eigenvalue weighted by Crippen LogP contribution is 2.31. The van der Waals surface area contributed by atoms with Crippen LogP contribution in [0.3, 0.4) is 0 Å². The van der Waals surface area contributed by atoms with Crippen molar-refractivity contribution in [2.24, 2.45) is 0 Å². The molecule has 0 fully saturated rings. The van der Waals surface area contributed by atoms with Crippen molar-refractivity contribution in [1.29, 1.82) is 0 Å². The molecule has 0 aliphatic heterocycles. The van der Waals surface area contributed by atoms with Gasteiger partial charge in [0.25, 0.3) is 0 Å². The van der Waals surface area contributed by atoms with Crippen molar-refractivity contribution in [3.63, 3.8) is 0 Å². The molecule has 0 aliphatic rings. The predicted octanol–water partition coefficient (Wildman–Crippen LogP) is 5.33. The molecule has 2 heterocycles. The van der Waals surface area contributed by atoms with Gasteiger partial charge in [0, 0.05) is 16.8 Å². The monoisotopic (exact) mass is 377 g/mol. The Bertz CT molecular complexity index is 1300. The summed E-state index contributed by atoms with van der Waals surface area (Å²) in [5.41, 5.74) is 4.99. The van der Waals surface area contributed by atoms with Crippen molar-refractivity contribution < 1.29 is 4.79 Å². The van der Waals surface area contributed by atoms with Crippen molar-refractivity contribution in [1.82, 2.24) is 14.2 Å². The summed E-state index contributed by atoms with van der Waals surface area (Å²) in [6.45, 7) is 1.96. The molecule has 0 bridgehead atoms. The minimum Gasteiger partial charge on any atom is -0.287 e. The summed E-state index contributed by atoms with van der Waals surface area (Å²) < 4.78 is 3.86. The molecule has 0 saturated heterocycles. The number of hydrogen-bond donors (Lipinski definition) is 0. The topological polar surface area (TPSA) is 39.3 Å². The number of hydrogen-bond acceptors (Lipinski definition) is 2. The van der Waals surface area contributed by atoms with Gasteiger partial charge in [0.1, 0.15) is 17.2 Å². The zero-order valence-electron chi connectivity index (χ0n) is 16.0. The molecular weight excluding hydrogens is 358 g/mol. The second kappa shape index (κ2) is 6.91. The fraction of sp³-hybridized carbons (Fsp3) is 0.0400. The summed E-state index contributed by atoms with van der Waals surface area (Å²) in [7, 11) is 0. The van der Waals surface area contributed by atoms with Gasteiger partial charge in [-0.1, -0.05) is 78.9 Å². The fourth-order valence-corrected chi connectivity index (χ4v) is 3.78. The molecule has 0 atom stereocenters. The van der Waals surface area contributed by atoms with E-state index >= 15 is 0 Å². The number of benzene rings is 3. The summed E-state index contributed by atoms with van der Waals surface area (Å²) in [5, 5.41) is 4.74. The van der Waals surface area contributed by atoms with Crippen LogP contribution in [0.1, 0.15) is 21.9 Å². The first-order valence-corrected chi connectivity index (χ1v) is 9.56. The zero-order valence-corrected chi connectivity index (χ0v) is 16.0. The number of para-hydroxylation sites is 1. The van der Waals surface area contributed by atoms with E-state index in [0.29, 0.717) is 11.3 Å². The molecule has 3 aromatic carbocycles. The molecule has 2 aromatic heterocycles. The Morgan fingerprint density at radius 3 is 2.03 bits per heavy atom. The Morgan fingerprint density at radius 2 is 1.38 bits per heavy atom. The third-order valence-electron chi connectivity index (χ3n) is 5.11. The van der Waals surface area contributed by atoms with Gasteiger partial charge in [0.05, 0.1) is 0 Å². The standard InChI is InChI=1S/C25H19N3O/c1-18-26-28-23(27(18)21-15-9-4-10-16-21)17-22(19-11-5-2-6-12-19)24(28)25(29)20-13-7-3-8-14-20/h2-17H,1H3. The summed E-state index contributed by atoms with van der Waals surface area (Å²) in [6, 6.07) is 31.5. The molecule has 0 unspecified atom stereocenters. The van der Waals surface area contributed by atoms with Gasteiger partial charge in [-0.15, -0.1) is 0 Å². The first-order chi connectivity index (χ1) is 14.2. The van der Waals surface area contributed by atoms with Gasteiger partial charge < -0.3 is 0 Å². The zero-order chi connectivity index (χ0) is 19.8. The quantitative estimate of drug-likeness (QED) is 0.397. The van der Waals surface area contributed by atoms with Crippen LogP contribution in [-0.4, -0.2) is 20.0 Å². The van der Waals surface area contributed by atoms with Gasteiger partial charge in [-0.25, -0.2) is 4.52 Å². The van der Waals surface area contributed by atoms with Crippen molar-refractivity contribution in [3.8, 4) is 16.8 Å². The van der Waals surface area contributed by atoms with E-state index in [2.05, 4.69) is 10.6 Å². The van der Waals surface area contributed by atoms with Gasteiger partial charge >= 0.3 is 0 Å². The lowest BCUT2D eigenvalue weighted by Gasteiger charge is -2.05. The average molecular weight is 377 g/mol. The number of carbonyl (C=O) groups excluding carboxylic acids is 1. The Labute approximate surface area is 168 Å². The number of aromatic nitrogens is 3.